The van der Waals surface area contributed by atoms with Crippen LogP contribution in [-0.4, -0.2) is 38.4 Å². The highest BCUT2D eigenvalue weighted by Gasteiger charge is 2.46. The summed E-state index contributed by atoms with van der Waals surface area (Å²) in [5.41, 5.74) is 2.26. The van der Waals surface area contributed by atoms with Crippen LogP contribution in [0.25, 0.3) is 0 Å². The standard InChI is InChI=1S/C18H22N4O/c1-21-14(11-19-20-21)10-18(23)22-12-16(13-6-3-2-4-7-13)15-8-5-9-17(15)22/h2-4,6-7,11,15-17H,5,8-10,12H2,1H3. The van der Waals surface area contributed by atoms with Crippen molar-refractivity contribution in [2.24, 2.45) is 13.0 Å². The van der Waals surface area contributed by atoms with Gasteiger partial charge in [-0.15, -0.1) is 5.10 Å². The number of benzene rings is 1. The van der Waals surface area contributed by atoms with E-state index in [9.17, 15) is 4.79 Å². The molecule has 5 nitrogen and oxygen atoms in total. The zero-order valence-electron chi connectivity index (χ0n) is 13.4. The third kappa shape index (κ3) is 2.54. The maximum absolute atomic E-state index is 12.8. The van der Waals surface area contributed by atoms with Crippen molar-refractivity contribution >= 4 is 5.91 Å². The highest BCUT2D eigenvalue weighted by molar-refractivity contribution is 5.79. The summed E-state index contributed by atoms with van der Waals surface area (Å²) < 4.78 is 1.69. The molecule has 0 spiro atoms. The minimum absolute atomic E-state index is 0.214. The number of hydrogen-bond donors (Lipinski definition) is 0. The minimum atomic E-state index is 0.214. The van der Waals surface area contributed by atoms with Gasteiger partial charge in [-0.25, -0.2) is 0 Å². The number of fused-ring (bicyclic) bond motifs is 1. The first-order valence-corrected chi connectivity index (χ1v) is 8.42. The van der Waals surface area contributed by atoms with Crippen LogP contribution >= 0.6 is 0 Å². The van der Waals surface area contributed by atoms with Gasteiger partial charge >= 0.3 is 0 Å². The van der Waals surface area contributed by atoms with Crippen molar-refractivity contribution in [1.82, 2.24) is 19.9 Å². The fourth-order valence-corrected chi connectivity index (χ4v) is 4.38. The van der Waals surface area contributed by atoms with Gasteiger partial charge in [0.05, 0.1) is 18.3 Å². The van der Waals surface area contributed by atoms with Gasteiger partial charge in [-0.3, -0.25) is 9.48 Å². The van der Waals surface area contributed by atoms with Gasteiger partial charge in [0.2, 0.25) is 5.91 Å². The monoisotopic (exact) mass is 310 g/mol. The van der Waals surface area contributed by atoms with Crippen LogP contribution in [0.5, 0.6) is 0 Å². The van der Waals surface area contributed by atoms with E-state index in [0.29, 0.717) is 24.3 Å². The Labute approximate surface area is 136 Å². The number of aromatic nitrogens is 3. The highest BCUT2D eigenvalue weighted by Crippen LogP contribution is 2.46. The number of amides is 1. The first-order valence-electron chi connectivity index (χ1n) is 8.42. The number of hydrogen-bond acceptors (Lipinski definition) is 3. The Bertz CT molecular complexity index is 696. The van der Waals surface area contributed by atoms with Crippen LogP contribution < -0.4 is 0 Å². The molecule has 2 aromatic rings. The lowest BCUT2D eigenvalue weighted by Gasteiger charge is -2.23. The van der Waals surface area contributed by atoms with Crippen LogP contribution in [0.2, 0.25) is 0 Å². The Morgan fingerprint density at radius 2 is 2.09 bits per heavy atom. The van der Waals surface area contributed by atoms with Crippen molar-refractivity contribution in [1.29, 1.82) is 0 Å². The summed E-state index contributed by atoms with van der Waals surface area (Å²) in [5.74, 6) is 1.31. The van der Waals surface area contributed by atoms with Crippen molar-refractivity contribution in [3.63, 3.8) is 0 Å². The molecule has 3 atom stereocenters. The first-order chi connectivity index (χ1) is 11.2. The number of likely N-dealkylation sites (tertiary alicyclic amines) is 1. The molecular weight excluding hydrogens is 288 g/mol. The Morgan fingerprint density at radius 3 is 2.83 bits per heavy atom. The molecule has 0 bridgehead atoms. The fourth-order valence-electron chi connectivity index (χ4n) is 4.38. The maximum Gasteiger partial charge on any atom is 0.228 e. The summed E-state index contributed by atoms with van der Waals surface area (Å²) in [6.45, 7) is 0.851. The fraction of sp³-hybridized carbons (Fsp3) is 0.500. The van der Waals surface area contributed by atoms with Crippen molar-refractivity contribution in [3.8, 4) is 0 Å². The molecule has 0 N–H and O–H groups in total. The van der Waals surface area contributed by atoms with Crippen LogP contribution in [-0.2, 0) is 18.3 Å². The zero-order valence-corrected chi connectivity index (χ0v) is 13.4. The average Bonchev–Trinajstić information content (AvgIpc) is 3.25. The Kier molecular flexibility index (Phi) is 3.63. The van der Waals surface area contributed by atoms with Gasteiger partial charge in [0.15, 0.2) is 0 Å². The summed E-state index contributed by atoms with van der Waals surface area (Å²) in [7, 11) is 1.84. The number of carbonyl (C=O) groups excluding carboxylic acids is 1. The molecule has 4 rings (SSSR count). The topological polar surface area (TPSA) is 51.0 Å². The summed E-state index contributed by atoms with van der Waals surface area (Å²) >= 11 is 0. The summed E-state index contributed by atoms with van der Waals surface area (Å²) in [6.07, 6.45) is 5.70. The normalized spacial score (nSPS) is 26.5. The van der Waals surface area contributed by atoms with E-state index in [2.05, 4.69) is 45.5 Å². The quantitative estimate of drug-likeness (QED) is 0.873. The summed E-state index contributed by atoms with van der Waals surface area (Å²) in [5, 5.41) is 7.79. The Balaban J connectivity index is 1.55. The lowest BCUT2D eigenvalue weighted by Crippen LogP contribution is -2.37. The summed E-state index contributed by atoms with van der Waals surface area (Å²) in [6, 6.07) is 11.1. The SMILES string of the molecule is Cn1nncc1CC(=O)N1CC(c2ccccc2)C2CCCC21. The minimum Gasteiger partial charge on any atom is -0.338 e. The van der Waals surface area contributed by atoms with E-state index < -0.39 is 0 Å². The van der Waals surface area contributed by atoms with Gasteiger partial charge in [-0.05, 0) is 24.3 Å². The number of rotatable bonds is 3. The van der Waals surface area contributed by atoms with Gasteiger partial charge in [0.1, 0.15) is 0 Å². The molecule has 2 fully saturated rings. The van der Waals surface area contributed by atoms with E-state index in [1.165, 1.54) is 18.4 Å². The van der Waals surface area contributed by atoms with Gasteiger partial charge in [0, 0.05) is 25.6 Å². The molecule has 1 saturated heterocycles. The molecule has 1 aliphatic heterocycles. The number of carbonyl (C=O) groups is 1. The molecule has 23 heavy (non-hydrogen) atoms. The van der Waals surface area contributed by atoms with Crippen molar-refractivity contribution in [2.45, 2.75) is 37.6 Å². The van der Waals surface area contributed by atoms with Crippen molar-refractivity contribution in [3.05, 3.63) is 47.8 Å². The molecule has 1 saturated carbocycles. The molecule has 5 heteroatoms. The molecule has 0 radical (unpaired) electrons. The predicted molar refractivity (Wildman–Crippen MR) is 86.7 cm³/mol. The van der Waals surface area contributed by atoms with Crippen LogP contribution in [0.15, 0.2) is 36.5 Å². The largest absolute Gasteiger partial charge is 0.338 e. The van der Waals surface area contributed by atoms with E-state index in [4.69, 9.17) is 0 Å². The Morgan fingerprint density at radius 1 is 1.26 bits per heavy atom. The average molecular weight is 310 g/mol. The van der Waals surface area contributed by atoms with Crippen molar-refractivity contribution in [2.75, 3.05) is 6.54 Å². The second-order valence-electron chi connectivity index (χ2n) is 6.75. The smallest absolute Gasteiger partial charge is 0.228 e. The van der Waals surface area contributed by atoms with Crippen LogP contribution in [0, 0.1) is 5.92 Å². The molecule has 2 aliphatic rings. The van der Waals surface area contributed by atoms with E-state index in [-0.39, 0.29) is 5.91 Å². The molecular formula is C18H22N4O. The molecule has 1 aliphatic carbocycles. The Hall–Kier alpha value is -2.17. The highest BCUT2D eigenvalue weighted by atomic mass is 16.2. The lowest BCUT2D eigenvalue weighted by molar-refractivity contribution is -0.131. The van der Waals surface area contributed by atoms with Crippen molar-refractivity contribution < 1.29 is 4.79 Å². The third-order valence-corrected chi connectivity index (χ3v) is 5.53. The number of nitrogens with zero attached hydrogens (tertiary/aromatic N) is 4. The van der Waals surface area contributed by atoms with Crippen LogP contribution in [0.4, 0.5) is 0 Å². The van der Waals surface area contributed by atoms with Gasteiger partial charge in [-0.2, -0.15) is 0 Å². The van der Waals surface area contributed by atoms with Gasteiger partial charge in [0.25, 0.3) is 0 Å². The maximum atomic E-state index is 12.8. The first kappa shape index (κ1) is 14.4. The van der Waals surface area contributed by atoms with E-state index in [1.807, 2.05) is 7.05 Å². The predicted octanol–water partition coefficient (Wildman–Crippen LogP) is 2.15. The molecule has 1 aromatic carbocycles. The van der Waals surface area contributed by atoms with E-state index in [0.717, 1.165) is 18.7 Å². The molecule has 120 valence electrons. The second kappa shape index (κ2) is 5.80. The molecule has 1 amide bonds. The zero-order chi connectivity index (χ0) is 15.8. The van der Waals surface area contributed by atoms with Gasteiger partial charge in [-0.1, -0.05) is 42.0 Å². The second-order valence-corrected chi connectivity index (χ2v) is 6.75. The lowest BCUT2D eigenvalue weighted by atomic mass is 9.87. The van der Waals surface area contributed by atoms with E-state index >= 15 is 0 Å². The summed E-state index contributed by atoms with van der Waals surface area (Å²) in [4.78, 5) is 15.0. The molecule has 3 unspecified atom stereocenters. The van der Waals surface area contributed by atoms with Crippen LogP contribution in [0.1, 0.15) is 36.4 Å². The van der Waals surface area contributed by atoms with Gasteiger partial charge < -0.3 is 4.90 Å². The van der Waals surface area contributed by atoms with Crippen LogP contribution in [0.3, 0.4) is 0 Å². The molecule has 2 heterocycles. The molecule has 1 aromatic heterocycles. The number of aryl methyl sites for hydroxylation is 1. The van der Waals surface area contributed by atoms with E-state index in [1.54, 1.807) is 10.9 Å². The third-order valence-electron chi connectivity index (χ3n) is 5.53.